The smallest absolute Gasteiger partial charge is 0.298 e. The summed E-state index contributed by atoms with van der Waals surface area (Å²) >= 11 is 0. The van der Waals surface area contributed by atoms with E-state index in [4.69, 9.17) is 4.42 Å². The maximum absolute atomic E-state index is 12.6. The Hall–Kier alpha value is -3.28. The lowest BCUT2D eigenvalue weighted by molar-refractivity contribution is 0.0947. The fraction of sp³-hybridized carbons (Fsp3) is 0.238. The van der Waals surface area contributed by atoms with Crippen molar-refractivity contribution < 1.29 is 9.21 Å². The largest absolute Gasteiger partial charge is 0.423 e. The van der Waals surface area contributed by atoms with Gasteiger partial charge in [-0.05, 0) is 37.1 Å². The highest BCUT2D eigenvalue weighted by Gasteiger charge is 2.28. The molecule has 0 aliphatic carbocycles. The van der Waals surface area contributed by atoms with Crippen molar-refractivity contribution in [2.45, 2.75) is 18.9 Å². The number of amides is 1. The number of nitrogens with zero attached hydrogens (tertiary/aromatic N) is 2. The van der Waals surface area contributed by atoms with E-state index in [0.717, 1.165) is 41.4 Å². The van der Waals surface area contributed by atoms with E-state index in [1.54, 1.807) is 0 Å². The lowest BCUT2D eigenvalue weighted by Gasteiger charge is -2.22. The number of carbonyl (C=O) groups is 1. The van der Waals surface area contributed by atoms with Crippen LogP contribution in [0.4, 0.5) is 6.01 Å². The molecule has 1 saturated heterocycles. The van der Waals surface area contributed by atoms with E-state index in [1.807, 2.05) is 54.6 Å². The Labute approximate surface area is 156 Å². The van der Waals surface area contributed by atoms with Gasteiger partial charge in [-0.25, -0.2) is 0 Å². The molecule has 2 aromatic heterocycles. The molecule has 27 heavy (non-hydrogen) atoms. The van der Waals surface area contributed by atoms with Crippen LogP contribution in [0.1, 0.15) is 23.3 Å². The zero-order valence-electron chi connectivity index (χ0n) is 14.8. The van der Waals surface area contributed by atoms with E-state index in [-0.39, 0.29) is 11.9 Å². The summed E-state index contributed by atoms with van der Waals surface area (Å²) < 4.78 is 5.91. The van der Waals surface area contributed by atoms with E-state index in [9.17, 15) is 4.79 Å². The van der Waals surface area contributed by atoms with Gasteiger partial charge in [-0.3, -0.25) is 4.79 Å². The Morgan fingerprint density at radius 2 is 2.07 bits per heavy atom. The second-order valence-electron chi connectivity index (χ2n) is 6.93. The first-order valence-corrected chi connectivity index (χ1v) is 9.26. The molecule has 1 unspecified atom stereocenters. The molecule has 1 fully saturated rings. The molecule has 3 heterocycles. The van der Waals surface area contributed by atoms with Gasteiger partial charge >= 0.3 is 0 Å². The van der Waals surface area contributed by atoms with Crippen molar-refractivity contribution in [2.75, 3.05) is 18.0 Å². The van der Waals surface area contributed by atoms with Crippen LogP contribution >= 0.6 is 0 Å². The van der Waals surface area contributed by atoms with Crippen molar-refractivity contribution in [3.63, 3.8) is 0 Å². The Kier molecular flexibility index (Phi) is 3.81. The molecule has 4 aromatic rings. The minimum Gasteiger partial charge on any atom is -0.423 e. The van der Waals surface area contributed by atoms with E-state index >= 15 is 0 Å². The number of benzene rings is 2. The van der Waals surface area contributed by atoms with Crippen LogP contribution in [0.15, 0.2) is 59.0 Å². The maximum Gasteiger partial charge on any atom is 0.298 e. The number of hydrogen-bond acceptors (Lipinski definition) is 4. The van der Waals surface area contributed by atoms with Crippen molar-refractivity contribution in [1.29, 1.82) is 0 Å². The summed E-state index contributed by atoms with van der Waals surface area (Å²) in [4.78, 5) is 22.5. The normalized spacial score (nSPS) is 17.0. The minimum absolute atomic E-state index is 0.0874. The summed E-state index contributed by atoms with van der Waals surface area (Å²) in [6.45, 7) is 1.45. The predicted octanol–water partition coefficient (Wildman–Crippen LogP) is 3.71. The summed E-state index contributed by atoms with van der Waals surface area (Å²) in [6, 6.07) is 18.4. The lowest BCUT2D eigenvalue weighted by Crippen LogP contribution is -2.40. The topological polar surface area (TPSA) is 74.2 Å². The van der Waals surface area contributed by atoms with Crippen LogP contribution in [0.2, 0.25) is 0 Å². The van der Waals surface area contributed by atoms with Gasteiger partial charge in [0.05, 0.1) is 6.04 Å². The SMILES string of the molecule is O=C(NCC1CCCN1c1nc2ccccc2o1)c1cc2ccccc2[nH]1. The van der Waals surface area contributed by atoms with Crippen molar-refractivity contribution in [2.24, 2.45) is 0 Å². The van der Waals surface area contributed by atoms with Crippen molar-refractivity contribution in [3.8, 4) is 0 Å². The summed E-state index contributed by atoms with van der Waals surface area (Å²) in [5.41, 5.74) is 3.21. The number of aromatic amines is 1. The number of carbonyl (C=O) groups excluding carboxylic acids is 1. The van der Waals surface area contributed by atoms with Crippen LogP contribution in [0.25, 0.3) is 22.0 Å². The molecule has 1 amide bonds. The van der Waals surface area contributed by atoms with E-state index in [2.05, 4.69) is 20.2 Å². The van der Waals surface area contributed by atoms with Gasteiger partial charge < -0.3 is 19.6 Å². The van der Waals surface area contributed by atoms with Crippen molar-refractivity contribution >= 4 is 33.9 Å². The number of oxazole rings is 1. The van der Waals surface area contributed by atoms with Gasteiger partial charge in [0.15, 0.2) is 5.58 Å². The minimum atomic E-state index is -0.0874. The van der Waals surface area contributed by atoms with Crippen LogP contribution in [0, 0.1) is 0 Å². The maximum atomic E-state index is 12.6. The summed E-state index contributed by atoms with van der Waals surface area (Å²) in [5, 5.41) is 4.09. The zero-order valence-corrected chi connectivity index (χ0v) is 14.8. The molecule has 136 valence electrons. The molecule has 0 radical (unpaired) electrons. The van der Waals surface area contributed by atoms with Gasteiger partial charge in [0, 0.05) is 24.0 Å². The third kappa shape index (κ3) is 2.93. The number of H-pyrrole nitrogens is 1. The van der Waals surface area contributed by atoms with Crippen LogP contribution < -0.4 is 10.2 Å². The number of hydrogen-bond donors (Lipinski definition) is 2. The fourth-order valence-electron chi connectivity index (χ4n) is 3.78. The van der Waals surface area contributed by atoms with Gasteiger partial charge in [-0.2, -0.15) is 4.98 Å². The number of nitrogens with one attached hydrogen (secondary N) is 2. The zero-order chi connectivity index (χ0) is 18.2. The average molecular weight is 360 g/mol. The quantitative estimate of drug-likeness (QED) is 0.582. The van der Waals surface area contributed by atoms with E-state index in [1.165, 1.54) is 0 Å². The first-order valence-electron chi connectivity index (χ1n) is 9.26. The summed E-state index contributed by atoms with van der Waals surface area (Å²) in [6.07, 6.45) is 2.07. The molecule has 5 rings (SSSR count). The third-order valence-electron chi connectivity index (χ3n) is 5.18. The average Bonchev–Trinajstić information content (AvgIpc) is 3.42. The molecule has 2 N–H and O–H groups in total. The second kappa shape index (κ2) is 6.46. The predicted molar refractivity (Wildman–Crippen MR) is 105 cm³/mol. The summed E-state index contributed by atoms with van der Waals surface area (Å²) in [7, 11) is 0. The van der Waals surface area contributed by atoms with E-state index in [0.29, 0.717) is 18.3 Å². The van der Waals surface area contributed by atoms with Gasteiger partial charge in [0.2, 0.25) is 0 Å². The van der Waals surface area contributed by atoms with Crippen LogP contribution in [0.3, 0.4) is 0 Å². The molecular weight excluding hydrogens is 340 g/mol. The van der Waals surface area contributed by atoms with Crippen LogP contribution in [-0.4, -0.2) is 35.0 Å². The molecule has 0 bridgehead atoms. The molecule has 2 aromatic carbocycles. The van der Waals surface area contributed by atoms with Gasteiger partial charge in [-0.15, -0.1) is 0 Å². The molecule has 1 atom stereocenters. The molecule has 1 aliphatic rings. The number of anilines is 1. The summed E-state index contributed by atoms with van der Waals surface area (Å²) in [5.74, 6) is -0.0874. The number of fused-ring (bicyclic) bond motifs is 2. The van der Waals surface area contributed by atoms with Gasteiger partial charge in [0.1, 0.15) is 11.2 Å². The Bertz CT molecular complexity index is 1050. The van der Waals surface area contributed by atoms with Crippen LogP contribution in [0.5, 0.6) is 0 Å². The number of aromatic nitrogens is 2. The molecule has 0 spiro atoms. The Morgan fingerprint density at radius 1 is 1.22 bits per heavy atom. The highest BCUT2D eigenvalue weighted by Crippen LogP contribution is 2.28. The van der Waals surface area contributed by atoms with Crippen LogP contribution in [-0.2, 0) is 0 Å². The second-order valence-corrected chi connectivity index (χ2v) is 6.93. The lowest BCUT2D eigenvalue weighted by atomic mass is 10.2. The molecule has 6 heteroatoms. The first-order chi connectivity index (χ1) is 13.3. The monoisotopic (exact) mass is 360 g/mol. The fourth-order valence-corrected chi connectivity index (χ4v) is 3.78. The Morgan fingerprint density at radius 3 is 2.96 bits per heavy atom. The Balaban J connectivity index is 1.30. The van der Waals surface area contributed by atoms with Gasteiger partial charge in [0.25, 0.3) is 11.9 Å². The number of rotatable bonds is 4. The standard InChI is InChI=1S/C21H20N4O2/c26-20(18-12-14-6-1-2-8-16(14)23-18)22-13-15-7-5-11-25(15)21-24-17-9-3-4-10-19(17)27-21/h1-4,6,8-10,12,15,23H,5,7,11,13H2,(H,22,26). The molecule has 1 aliphatic heterocycles. The molecule has 6 nitrogen and oxygen atoms in total. The van der Waals surface area contributed by atoms with Gasteiger partial charge in [-0.1, -0.05) is 30.3 Å². The highest BCUT2D eigenvalue weighted by atomic mass is 16.4. The van der Waals surface area contributed by atoms with Crippen molar-refractivity contribution in [3.05, 3.63) is 60.3 Å². The van der Waals surface area contributed by atoms with E-state index < -0.39 is 0 Å². The third-order valence-corrected chi connectivity index (χ3v) is 5.18. The molecule has 0 saturated carbocycles. The number of para-hydroxylation sites is 3. The molecular formula is C21H20N4O2. The van der Waals surface area contributed by atoms with Crippen molar-refractivity contribution in [1.82, 2.24) is 15.3 Å². The highest BCUT2D eigenvalue weighted by molar-refractivity contribution is 5.98. The first kappa shape index (κ1) is 15.9.